The molecule has 18 heavy (non-hydrogen) atoms. The van der Waals surface area contributed by atoms with Crippen molar-refractivity contribution in [3.8, 4) is 5.75 Å². The third kappa shape index (κ3) is 2.71. The van der Waals surface area contributed by atoms with Gasteiger partial charge in [-0.3, -0.25) is 4.98 Å². The van der Waals surface area contributed by atoms with E-state index in [0.717, 1.165) is 17.0 Å². The molecule has 0 radical (unpaired) electrons. The topological polar surface area (TPSA) is 60.2 Å². The molecule has 0 aliphatic carbocycles. The summed E-state index contributed by atoms with van der Waals surface area (Å²) in [7, 11) is 1.63. The van der Waals surface area contributed by atoms with Gasteiger partial charge in [0.05, 0.1) is 24.5 Å². The Bertz CT molecular complexity index is 514. The van der Waals surface area contributed by atoms with E-state index in [2.05, 4.69) is 17.2 Å². The van der Waals surface area contributed by atoms with Crippen LogP contribution >= 0.6 is 0 Å². The van der Waals surface area contributed by atoms with Crippen LogP contribution < -0.4 is 15.8 Å². The molecular weight excluding hydrogens is 226 g/mol. The van der Waals surface area contributed by atoms with Crippen LogP contribution in [0.3, 0.4) is 0 Å². The summed E-state index contributed by atoms with van der Waals surface area (Å²) in [5.41, 5.74) is 8.65. The van der Waals surface area contributed by atoms with Crippen molar-refractivity contribution in [3.63, 3.8) is 0 Å². The minimum Gasteiger partial charge on any atom is -0.497 e. The molecule has 3 N–H and O–H groups in total. The summed E-state index contributed by atoms with van der Waals surface area (Å²) in [6, 6.07) is 9.71. The number of nitrogens with zero attached hydrogens (tertiary/aromatic N) is 1. The van der Waals surface area contributed by atoms with Crippen LogP contribution in [-0.2, 0) is 0 Å². The van der Waals surface area contributed by atoms with Gasteiger partial charge in [0.15, 0.2) is 0 Å². The highest BCUT2D eigenvalue weighted by Gasteiger charge is 2.07. The summed E-state index contributed by atoms with van der Waals surface area (Å²) in [4.78, 5) is 4.11. The molecular formula is C14H17N3O. The van der Waals surface area contributed by atoms with Crippen LogP contribution in [0.2, 0.25) is 0 Å². The van der Waals surface area contributed by atoms with Crippen molar-refractivity contribution >= 4 is 11.4 Å². The molecule has 94 valence electrons. The fraction of sp³-hybridized carbons (Fsp3) is 0.214. The lowest BCUT2D eigenvalue weighted by molar-refractivity contribution is 0.415. The van der Waals surface area contributed by atoms with Gasteiger partial charge in [-0.25, -0.2) is 0 Å². The summed E-state index contributed by atoms with van der Waals surface area (Å²) in [5.74, 6) is 0.757. The zero-order valence-electron chi connectivity index (χ0n) is 10.6. The third-order valence-electron chi connectivity index (χ3n) is 2.82. The van der Waals surface area contributed by atoms with E-state index in [0.29, 0.717) is 5.69 Å². The number of anilines is 2. The largest absolute Gasteiger partial charge is 0.497 e. The lowest BCUT2D eigenvalue weighted by Crippen LogP contribution is -2.08. The highest BCUT2D eigenvalue weighted by atomic mass is 16.5. The van der Waals surface area contributed by atoms with E-state index < -0.39 is 0 Å². The number of nitrogens with one attached hydrogen (secondary N) is 1. The number of aromatic nitrogens is 1. The number of hydrogen-bond donors (Lipinski definition) is 2. The number of ether oxygens (including phenoxy) is 1. The van der Waals surface area contributed by atoms with E-state index >= 15 is 0 Å². The number of benzene rings is 1. The highest BCUT2D eigenvalue weighted by Crippen LogP contribution is 2.27. The number of pyridine rings is 1. The van der Waals surface area contributed by atoms with Crippen molar-refractivity contribution in [3.05, 3.63) is 48.3 Å². The molecule has 0 aliphatic heterocycles. The molecule has 4 heteroatoms. The van der Waals surface area contributed by atoms with Crippen molar-refractivity contribution < 1.29 is 4.74 Å². The quantitative estimate of drug-likeness (QED) is 0.811. The Morgan fingerprint density at radius 1 is 1.33 bits per heavy atom. The Hall–Kier alpha value is -2.23. The van der Waals surface area contributed by atoms with E-state index in [1.54, 1.807) is 19.4 Å². The molecule has 0 spiro atoms. The lowest BCUT2D eigenvalue weighted by Gasteiger charge is -2.17. The summed E-state index contributed by atoms with van der Waals surface area (Å²) in [5, 5.41) is 3.36. The van der Waals surface area contributed by atoms with E-state index in [9.17, 15) is 0 Å². The van der Waals surface area contributed by atoms with Crippen LogP contribution in [-0.4, -0.2) is 12.1 Å². The first-order chi connectivity index (χ1) is 8.70. The molecule has 0 amide bonds. The van der Waals surface area contributed by atoms with Gasteiger partial charge in [0.1, 0.15) is 5.75 Å². The second kappa shape index (κ2) is 5.40. The van der Waals surface area contributed by atoms with Gasteiger partial charge in [0, 0.05) is 18.5 Å². The number of nitrogens with two attached hydrogens (primary N) is 1. The van der Waals surface area contributed by atoms with E-state index in [-0.39, 0.29) is 6.04 Å². The predicted octanol–water partition coefficient (Wildman–Crippen LogP) is 2.85. The molecule has 1 aromatic carbocycles. The minimum absolute atomic E-state index is 0.148. The van der Waals surface area contributed by atoms with Gasteiger partial charge in [-0.1, -0.05) is 6.07 Å². The lowest BCUT2D eigenvalue weighted by atomic mass is 10.1. The molecule has 2 rings (SSSR count). The average Bonchev–Trinajstić information content (AvgIpc) is 2.42. The van der Waals surface area contributed by atoms with Crippen LogP contribution in [0, 0.1) is 0 Å². The van der Waals surface area contributed by atoms with Crippen LogP contribution in [0.4, 0.5) is 11.4 Å². The third-order valence-corrected chi connectivity index (χ3v) is 2.82. The zero-order chi connectivity index (χ0) is 13.0. The van der Waals surface area contributed by atoms with Crippen molar-refractivity contribution in [2.45, 2.75) is 13.0 Å². The van der Waals surface area contributed by atoms with E-state index in [1.165, 1.54) is 0 Å². The maximum Gasteiger partial charge on any atom is 0.121 e. The summed E-state index contributed by atoms with van der Waals surface area (Å²) < 4.78 is 5.12. The number of nitrogen functional groups attached to an aromatic ring is 1. The molecule has 0 bridgehead atoms. The molecule has 4 nitrogen and oxygen atoms in total. The normalized spacial score (nSPS) is 11.9. The van der Waals surface area contributed by atoms with Crippen molar-refractivity contribution in [2.75, 3.05) is 18.2 Å². The van der Waals surface area contributed by atoms with Crippen molar-refractivity contribution in [1.29, 1.82) is 0 Å². The first-order valence-corrected chi connectivity index (χ1v) is 5.80. The fourth-order valence-corrected chi connectivity index (χ4v) is 1.75. The smallest absolute Gasteiger partial charge is 0.121 e. The molecule has 0 aliphatic rings. The van der Waals surface area contributed by atoms with E-state index in [4.69, 9.17) is 10.5 Å². The van der Waals surface area contributed by atoms with Gasteiger partial charge in [0.25, 0.3) is 0 Å². The highest BCUT2D eigenvalue weighted by molar-refractivity contribution is 5.68. The van der Waals surface area contributed by atoms with Gasteiger partial charge in [-0.05, 0) is 30.7 Å². The number of rotatable bonds is 4. The molecule has 2 aromatic rings. The van der Waals surface area contributed by atoms with Crippen LogP contribution in [0.1, 0.15) is 18.5 Å². The standard InChI is InChI=1S/C14H17N3O/c1-10(11-4-3-7-16-9-11)17-14-6-5-12(18-2)8-13(14)15/h3-10,17H,15H2,1-2H3. The number of hydrogen-bond acceptors (Lipinski definition) is 4. The molecule has 0 fully saturated rings. The molecule has 1 unspecified atom stereocenters. The SMILES string of the molecule is COc1ccc(NC(C)c2cccnc2)c(N)c1. The monoisotopic (exact) mass is 243 g/mol. The Balaban J connectivity index is 2.14. The molecule has 1 aromatic heterocycles. The molecule has 0 saturated heterocycles. The van der Waals surface area contributed by atoms with Gasteiger partial charge >= 0.3 is 0 Å². The first kappa shape index (κ1) is 12.2. The average molecular weight is 243 g/mol. The van der Waals surface area contributed by atoms with Gasteiger partial charge in [0.2, 0.25) is 0 Å². The second-order valence-electron chi connectivity index (χ2n) is 4.11. The fourth-order valence-electron chi connectivity index (χ4n) is 1.75. The first-order valence-electron chi connectivity index (χ1n) is 5.80. The Morgan fingerprint density at radius 2 is 2.17 bits per heavy atom. The second-order valence-corrected chi connectivity index (χ2v) is 4.11. The Labute approximate surface area is 107 Å². The Morgan fingerprint density at radius 3 is 2.78 bits per heavy atom. The minimum atomic E-state index is 0.148. The van der Waals surface area contributed by atoms with Crippen LogP contribution in [0.25, 0.3) is 0 Å². The maximum absolute atomic E-state index is 5.97. The summed E-state index contributed by atoms with van der Waals surface area (Å²) >= 11 is 0. The van der Waals surface area contributed by atoms with Gasteiger partial charge in [-0.2, -0.15) is 0 Å². The van der Waals surface area contributed by atoms with E-state index in [1.807, 2.05) is 30.5 Å². The number of methoxy groups -OCH3 is 1. The van der Waals surface area contributed by atoms with Crippen molar-refractivity contribution in [2.24, 2.45) is 0 Å². The molecule has 1 heterocycles. The predicted molar refractivity (Wildman–Crippen MR) is 73.7 cm³/mol. The Kier molecular flexibility index (Phi) is 3.67. The van der Waals surface area contributed by atoms with Crippen molar-refractivity contribution in [1.82, 2.24) is 4.98 Å². The zero-order valence-corrected chi connectivity index (χ0v) is 10.6. The van der Waals surface area contributed by atoms with Gasteiger partial charge < -0.3 is 15.8 Å². The summed E-state index contributed by atoms with van der Waals surface area (Å²) in [6.07, 6.45) is 3.61. The van der Waals surface area contributed by atoms with Crippen LogP contribution in [0.15, 0.2) is 42.7 Å². The van der Waals surface area contributed by atoms with Gasteiger partial charge in [-0.15, -0.1) is 0 Å². The maximum atomic E-state index is 5.97. The molecule has 1 atom stereocenters. The molecule has 0 saturated carbocycles. The summed E-state index contributed by atoms with van der Waals surface area (Å²) in [6.45, 7) is 2.07. The van der Waals surface area contributed by atoms with Crippen LogP contribution in [0.5, 0.6) is 5.75 Å².